The van der Waals surface area contributed by atoms with Crippen molar-refractivity contribution in [2.75, 3.05) is 25.0 Å². The summed E-state index contributed by atoms with van der Waals surface area (Å²) in [5.74, 6) is -0.224. The van der Waals surface area contributed by atoms with Crippen molar-refractivity contribution in [2.24, 2.45) is 5.92 Å². The SMILES string of the molecule is CCOC(=O)N1CCC[C@@H](C(=O)Nc2nc3c(s2)CCC3)C1. The van der Waals surface area contributed by atoms with Gasteiger partial charge in [-0.1, -0.05) is 0 Å². The number of nitrogens with zero attached hydrogens (tertiary/aromatic N) is 2. The Labute approximate surface area is 133 Å². The molecule has 1 saturated heterocycles. The van der Waals surface area contributed by atoms with E-state index in [4.69, 9.17) is 4.74 Å². The number of aryl methyl sites for hydroxylation is 2. The number of carbonyl (C=O) groups excluding carboxylic acids is 2. The van der Waals surface area contributed by atoms with E-state index in [1.54, 1.807) is 23.2 Å². The molecule has 1 fully saturated rings. The number of piperidine rings is 1. The number of thiazole rings is 1. The number of anilines is 1. The quantitative estimate of drug-likeness (QED) is 0.927. The number of ether oxygens (including phenoxy) is 1. The molecule has 0 aromatic carbocycles. The first-order chi connectivity index (χ1) is 10.7. The van der Waals surface area contributed by atoms with E-state index in [1.807, 2.05) is 0 Å². The zero-order chi connectivity index (χ0) is 15.5. The van der Waals surface area contributed by atoms with Crippen molar-refractivity contribution in [1.29, 1.82) is 0 Å². The van der Waals surface area contributed by atoms with Crippen molar-refractivity contribution in [2.45, 2.75) is 39.0 Å². The van der Waals surface area contributed by atoms with Gasteiger partial charge in [0.1, 0.15) is 0 Å². The monoisotopic (exact) mass is 323 g/mol. The summed E-state index contributed by atoms with van der Waals surface area (Å²) in [5, 5.41) is 3.62. The van der Waals surface area contributed by atoms with E-state index in [-0.39, 0.29) is 17.9 Å². The minimum absolute atomic E-state index is 0.0404. The number of hydrogen-bond acceptors (Lipinski definition) is 5. The zero-order valence-electron chi connectivity index (χ0n) is 12.8. The Morgan fingerprint density at radius 3 is 3.05 bits per heavy atom. The van der Waals surface area contributed by atoms with E-state index in [9.17, 15) is 9.59 Å². The standard InChI is InChI=1S/C15H21N3O3S/c1-2-21-15(20)18-8-4-5-10(9-18)13(19)17-14-16-11-6-3-7-12(11)22-14/h10H,2-9H2,1H3,(H,16,17,19)/t10-/m1/s1. The molecule has 0 saturated carbocycles. The molecule has 6 nitrogen and oxygen atoms in total. The van der Waals surface area contributed by atoms with Crippen molar-refractivity contribution in [3.63, 3.8) is 0 Å². The third-order valence-corrected chi connectivity index (χ3v) is 5.22. The molecule has 3 rings (SSSR count). The van der Waals surface area contributed by atoms with Gasteiger partial charge in [-0.15, -0.1) is 11.3 Å². The van der Waals surface area contributed by atoms with Crippen molar-refractivity contribution in [3.8, 4) is 0 Å². The highest BCUT2D eigenvalue weighted by atomic mass is 32.1. The van der Waals surface area contributed by atoms with E-state index >= 15 is 0 Å². The van der Waals surface area contributed by atoms with Gasteiger partial charge in [0.05, 0.1) is 18.2 Å². The zero-order valence-corrected chi connectivity index (χ0v) is 13.6. The first-order valence-electron chi connectivity index (χ1n) is 7.88. The molecule has 1 aliphatic heterocycles. The summed E-state index contributed by atoms with van der Waals surface area (Å²) in [5.41, 5.74) is 1.14. The molecule has 0 bridgehead atoms. The van der Waals surface area contributed by atoms with Gasteiger partial charge in [0, 0.05) is 18.0 Å². The Kier molecular flexibility index (Phi) is 4.61. The molecule has 1 aliphatic carbocycles. The Morgan fingerprint density at radius 2 is 2.27 bits per heavy atom. The summed E-state index contributed by atoms with van der Waals surface area (Å²) < 4.78 is 5.01. The predicted molar refractivity (Wildman–Crippen MR) is 84.1 cm³/mol. The van der Waals surface area contributed by atoms with Gasteiger partial charge in [-0.3, -0.25) is 4.79 Å². The smallest absolute Gasteiger partial charge is 0.409 e. The summed E-state index contributed by atoms with van der Waals surface area (Å²) in [7, 11) is 0. The maximum absolute atomic E-state index is 12.4. The number of likely N-dealkylation sites (tertiary alicyclic amines) is 1. The van der Waals surface area contributed by atoms with Crippen LogP contribution < -0.4 is 5.32 Å². The fourth-order valence-electron chi connectivity index (χ4n) is 3.02. The second-order valence-corrected chi connectivity index (χ2v) is 6.80. The lowest BCUT2D eigenvalue weighted by atomic mass is 9.97. The van der Waals surface area contributed by atoms with Crippen LogP contribution in [0.5, 0.6) is 0 Å². The molecule has 1 aromatic rings. The van der Waals surface area contributed by atoms with Crippen LogP contribution in [0.25, 0.3) is 0 Å². The fraction of sp³-hybridized carbons (Fsp3) is 0.667. The summed E-state index contributed by atoms with van der Waals surface area (Å²) in [6.45, 7) is 3.23. The first kappa shape index (κ1) is 15.3. The minimum atomic E-state index is -0.326. The van der Waals surface area contributed by atoms with Crippen LogP contribution in [0.15, 0.2) is 0 Å². The molecule has 7 heteroatoms. The molecular weight excluding hydrogens is 302 g/mol. The summed E-state index contributed by atoms with van der Waals surface area (Å²) in [4.78, 5) is 31.6. The number of nitrogens with one attached hydrogen (secondary N) is 1. The maximum atomic E-state index is 12.4. The largest absolute Gasteiger partial charge is 0.450 e. The summed E-state index contributed by atoms with van der Waals surface area (Å²) >= 11 is 1.58. The van der Waals surface area contributed by atoms with E-state index in [0.717, 1.165) is 31.4 Å². The molecule has 2 heterocycles. The second kappa shape index (κ2) is 6.64. The van der Waals surface area contributed by atoms with Crippen LogP contribution in [-0.2, 0) is 22.4 Å². The number of hydrogen-bond donors (Lipinski definition) is 1. The van der Waals surface area contributed by atoms with E-state index in [1.165, 1.54) is 11.3 Å². The van der Waals surface area contributed by atoms with Crippen LogP contribution in [0, 0.1) is 5.92 Å². The van der Waals surface area contributed by atoms with Crippen LogP contribution in [0.4, 0.5) is 9.93 Å². The number of amides is 2. The van der Waals surface area contributed by atoms with Gasteiger partial charge in [-0.25, -0.2) is 9.78 Å². The molecule has 0 radical (unpaired) electrons. The van der Waals surface area contributed by atoms with Gasteiger partial charge in [-0.2, -0.15) is 0 Å². The molecule has 22 heavy (non-hydrogen) atoms. The molecule has 1 aromatic heterocycles. The van der Waals surface area contributed by atoms with Crippen molar-refractivity contribution < 1.29 is 14.3 Å². The van der Waals surface area contributed by atoms with Crippen LogP contribution in [0.2, 0.25) is 0 Å². The normalized spacial score (nSPS) is 20.6. The Morgan fingerprint density at radius 1 is 1.41 bits per heavy atom. The van der Waals surface area contributed by atoms with Crippen LogP contribution in [-0.4, -0.2) is 41.6 Å². The van der Waals surface area contributed by atoms with Gasteiger partial charge in [0.2, 0.25) is 5.91 Å². The molecule has 1 N–H and O–H groups in total. The minimum Gasteiger partial charge on any atom is -0.450 e. The molecule has 2 amide bonds. The average molecular weight is 323 g/mol. The predicted octanol–water partition coefficient (Wildman–Crippen LogP) is 2.44. The lowest BCUT2D eigenvalue weighted by molar-refractivity contribution is -0.121. The number of aromatic nitrogens is 1. The Hall–Kier alpha value is -1.63. The average Bonchev–Trinajstić information content (AvgIpc) is 3.09. The topological polar surface area (TPSA) is 71.5 Å². The van der Waals surface area contributed by atoms with Gasteiger partial charge in [0.25, 0.3) is 0 Å². The molecule has 120 valence electrons. The molecule has 2 aliphatic rings. The molecule has 0 unspecified atom stereocenters. The van der Waals surface area contributed by atoms with E-state index < -0.39 is 0 Å². The number of fused-ring (bicyclic) bond motifs is 1. The third kappa shape index (κ3) is 3.24. The first-order valence-corrected chi connectivity index (χ1v) is 8.70. The highest BCUT2D eigenvalue weighted by Crippen LogP contribution is 2.31. The Bertz CT molecular complexity index is 551. The lowest BCUT2D eigenvalue weighted by Gasteiger charge is -2.30. The van der Waals surface area contributed by atoms with Crippen molar-refractivity contribution in [1.82, 2.24) is 9.88 Å². The Balaban J connectivity index is 1.58. The third-order valence-electron chi connectivity index (χ3n) is 4.14. The van der Waals surface area contributed by atoms with Gasteiger partial charge < -0.3 is 15.0 Å². The van der Waals surface area contributed by atoms with Gasteiger partial charge in [-0.05, 0) is 39.0 Å². The highest BCUT2D eigenvalue weighted by Gasteiger charge is 2.30. The second-order valence-electron chi connectivity index (χ2n) is 5.72. The highest BCUT2D eigenvalue weighted by molar-refractivity contribution is 7.15. The maximum Gasteiger partial charge on any atom is 0.409 e. The van der Waals surface area contributed by atoms with Gasteiger partial charge >= 0.3 is 6.09 Å². The van der Waals surface area contributed by atoms with Crippen molar-refractivity contribution >= 4 is 28.5 Å². The van der Waals surface area contributed by atoms with Crippen LogP contribution in [0.1, 0.15) is 36.8 Å². The van der Waals surface area contributed by atoms with Crippen LogP contribution >= 0.6 is 11.3 Å². The fourth-order valence-corrected chi connectivity index (χ4v) is 4.08. The van der Waals surface area contributed by atoms with Gasteiger partial charge in [0.15, 0.2) is 5.13 Å². The van der Waals surface area contributed by atoms with Crippen molar-refractivity contribution in [3.05, 3.63) is 10.6 Å². The lowest BCUT2D eigenvalue weighted by Crippen LogP contribution is -2.44. The summed E-state index contributed by atoms with van der Waals surface area (Å²) in [6.07, 6.45) is 4.55. The molecule has 0 spiro atoms. The van der Waals surface area contributed by atoms with E-state index in [2.05, 4.69) is 10.3 Å². The number of carbonyl (C=O) groups is 2. The number of rotatable bonds is 3. The summed E-state index contributed by atoms with van der Waals surface area (Å²) in [6, 6.07) is 0. The molecule has 1 atom stereocenters. The van der Waals surface area contributed by atoms with Crippen LogP contribution in [0.3, 0.4) is 0 Å². The molecular formula is C15H21N3O3S. The van der Waals surface area contributed by atoms with E-state index in [0.29, 0.717) is 24.8 Å².